The number of alkyl halides is 1. The third-order valence-electron chi connectivity index (χ3n) is 0.653. The Morgan fingerprint density at radius 3 is 2.64 bits per heavy atom. The average Bonchev–Trinajstić information content (AvgIpc) is 1.86. The Bertz CT molecular complexity index is 239. The molecule has 64 valence electrons. The maximum Gasteiger partial charge on any atom is 0.448 e. The molecule has 0 unspecified atom stereocenters. The highest BCUT2D eigenvalue weighted by atomic mass is 32.2. The lowest BCUT2D eigenvalue weighted by Crippen LogP contribution is -2.00. The van der Waals surface area contributed by atoms with Crippen molar-refractivity contribution in [3.05, 3.63) is 0 Å². The van der Waals surface area contributed by atoms with Crippen LogP contribution in [0.4, 0.5) is 9.18 Å². The fraction of sp³-hybridized carbons (Fsp3) is 0.750. The van der Waals surface area contributed by atoms with Crippen LogP contribution in [-0.2, 0) is 15.2 Å². The van der Waals surface area contributed by atoms with Gasteiger partial charge in [0.2, 0.25) is 0 Å². The molecule has 0 aromatic carbocycles. The highest BCUT2D eigenvalue weighted by molar-refractivity contribution is 7.62. The monoisotopic (exact) mass is 183 g/mol. The predicted octanol–water partition coefficient (Wildman–Crippen LogP) is 0.545. The quantitative estimate of drug-likeness (QED) is 0.599. The van der Waals surface area contributed by atoms with Gasteiger partial charge >= 0.3 is 16.6 Å². The molecule has 0 aromatic heterocycles. The summed E-state index contributed by atoms with van der Waals surface area (Å²) in [5, 5.41) is 0. The van der Waals surface area contributed by atoms with E-state index in [1.807, 2.05) is 0 Å². The molecule has 0 radical (unpaired) electrons. The molecule has 0 saturated carbocycles. The van der Waals surface area contributed by atoms with Crippen molar-refractivity contribution in [2.45, 2.75) is 6.42 Å². The molecule has 5 nitrogen and oxygen atoms in total. The summed E-state index contributed by atoms with van der Waals surface area (Å²) in [6, 6.07) is 0. The first-order valence-electron chi connectivity index (χ1n) is 2.70. The third kappa shape index (κ3) is 6.91. The van der Waals surface area contributed by atoms with E-state index in [4.69, 9.17) is 0 Å². The molecule has 0 aromatic rings. The predicted molar refractivity (Wildman–Crippen MR) is 33.3 cm³/mol. The number of rotatable bonds is 3. The first kappa shape index (κ1) is 10.0. The van der Waals surface area contributed by atoms with Crippen molar-refractivity contribution < 1.29 is 22.3 Å². The second-order valence-corrected chi connectivity index (χ2v) is 2.08. The number of carbonyl (C=O) groups excluding carboxylic acids is 1. The molecular weight excluding hydrogens is 177 g/mol. The van der Waals surface area contributed by atoms with Gasteiger partial charge in [-0.1, -0.05) is 4.36 Å². The fourth-order valence-corrected chi connectivity index (χ4v) is 0.476. The van der Waals surface area contributed by atoms with Gasteiger partial charge in [-0.25, -0.2) is 4.79 Å². The Labute approximate surface area is 63.9 Å². The van der Waals surface area contributed by atoms with Crippen LogP contribution in [0.3, 0.4) is 0 Å². The molecule has 0 fully saturated rings. The number of halogens is 1. The number of carbonyl (C=O) groups is 1. The summed E-state index contributed by atoms with van der Waals surface area (Å²) < 4.78 is 37.4. The van der Waals surface area contributed by atoms with E-state index in [2.05, 4.69) is 9.10 Å². The number of ether oxygens (including phenoxy) is 1. The van der Waals surface area contributed by atoms with Gasteiger partial charge in [-0.15, -0.1) is 0 Å². The van der Waals surface area contributed by atoms with Crippen LogP contribution >= 0.6 is 0 Å². The smallest absolute Gasteiger partial charge is 0.447 e. The summed E-state index contributed by atoms with van der Waals surface area (Å²) >= 11 is 0. The second-order valence-electron chi connectivity index (χ2n) is 1.47. The molecule has 0 aliphatic heterocycles. The van der Waals surface area contributed by atoms with Gasteiger partial charge in [-0.3, -0.25) is 4.39 Å². The van der Waals surface area contributed by atoms with E-state index in [1.165, 1.54) is 0 Å². The van der Waals surface area contributed by atoms with Crippen molar-refractivity contribution in [3.63, 3.8) is 0 Å². The van der Waals surface area contributed by atoms with Crippen molar-refractivity contribution in [1.82, 2.24) is 0 Å². The van der Waals surface area contributed by atoms with Gasteiger partial charge in [0.15, 0.2) is 0 Å². The van der Waals surface area contributed by atoms with Crippen molar-refractivity contribution >= 4 is 16.6 Å². The summed E-state index contributed by atoms with van der Waals surface area (Å²) in [4.78, 5) is 10.2. The molecule has 0 aliphatic carbocycles. The van der Waals surface area contributed by atoms with Gasteiger partial charge in [0, 0.05) is 6.42 Å². The van der Waals surface area contributed by atoms with E-state index < -0.39 is 23.3 Å². The van der Waals surface area contributed by atoms with Crippen LogP contribution in [0.25, 0.3) is 0 Å². The van der Waals surface area contributed by atoms with Gasteiger partial charge in [-0.05, 0) is 0 Å². The van der Waals surface area contributed by atoms with Gasteiger partial charge in [0.1, 0.15) is 0 Å². The minimum Gasteiger partial charge on any atom is -0.447 e. The third-order valence-corrected chi connectivity index (χ3v) is 0.951. The highest BCUT2D eigenvalue weighted by Crippen LogP contribution is 1.87. The van der Waals surface area contributed by atoms with E-state index in [9.17, 15) is 17.6 Å². The standard InChI is InChI=1S/C4H6FNO4S/c5-2-1-3-10-4(7)6-11(8)9/h1-3H2. The van der Waals surface area contributed by atoms with Crippen molar-refractivity contribution in [3.8, 4) is 0 Å². The molecule has 0 aliphatic rings. The van der Waals surface area contributed by atoms with Gasteiger partial charge in [-0.2, -0.15) is 8.42 Å². The van der Waals surface area contributed by atoms with E-state index in [0.29, 0.717) is 0 Å². The maximum atomic E-state index is 11.4. The van der Waals surface area contributed by atoms with Gasteiger partial charge in [0.05, 0.1) is 13.3 Å². The minimum absolute atomic E-state index is 0.0484. The second kappa shape index (κ2) is 5.78. The number of amides is 1. The first-order valence-corrected chi connectivity index (χ1v) is 3.74. The van der Waals surface area contributed by atoms with E-state index >= 15 is 0 Å². The Balaban J connectivity index is 3.63. The summed E-state index contributed by atoms with van der Waals surface area (Å²) in [5.74, 6) is 0. The summed E-state index contributed by atoms with van der Waals surface area (Å²) in [6.07, 6.45) is -1.17. The minimum atomic E-state index is -2.79. The average molecular weight is 183 g/mol. The first-order chi connectivity index (χ1) is 5.16. The normalized spacial score (nSPS) is 8.82. The molecular formula is C4H6FNO4S. The highest BCUT2D eigenvalue weighted by Gasteiger charge is 1.98. The maximum absolute atomic E-state index is 11.4. The number of hydrogen-bond donors (Lipinski definition) is 0. The molecule has 1 amide bonds. The van der Waals surface area contributed by atoms with Crippen LogP contribution < -0.4 is 0 Å². The van der Waals surface area contributed by atoms with Crippen LogP contribution in [0.15, 0.2) is 4.36 Å². The van der Waals surface area contributed by atoms with Gasteiger partial charge in [0.25, 0.3) is 0 Å². The molecule has 0 bridgehead atoms. The molecule has 0 spiro atoms. The van der Waals surface area contributed by atoms with Crippen LogP contribution in [-0.4, -0.2) is 27.8 Å². The topological polar surface area (TPSA) is 72.8 Å². The number of nitrogens with zero attached hydrogens (tertiary/aromatic N) is 1. The van der Waals surface area contributed by atoms with E-state index in [0.717, 1.165) is 0 Å². The molecule has 7 heteroatoms. The summed E-state index contributed by atoms with van der Waals surface area (Å²) in [7, 11) is -2.79. The molecule has 11 heavy (non-hydrogen) atoms. The Morgan fingerprint density at radius 2 is 2.18 bits per heavy atom. The molecule has 0 N–H and O–H groups in total. The molecule has 0 rings (SSSR count). The van der Waals surface area contributed by atoms with E-state index in [-0.39, 0.29) is 13.0 Å². The summed E-state index contributed by atoms with van der Waals surface area (Å²) in [5.41, 5.74) is 0. The Hall–Kier alpha value is -0.980. The zero-order chi connectivity index (χ0) is 8.69. The zero-order valence-corrected chi connectivity index (χ0v) is 6.30. The SMILES string of the molecule is O=C(N=S(=O)=O)OCCCF. The van der Waals surface area contributed by atoms with Crippen molar-refractivity contribution in [2.24, 2.45) is 4.36 Å². The Morgan fingerprint density at radius 1 is 1.55 bits per heavy atom. The molecule has 0 saturated heterocycles. The van der Waals surface area contributed by atoms with Gasteiger partial charge < -0.3 is 4.74 Å². The zero-order valence-electron chi connectivity index (χ0n) is 5.49. The van der Waals surface area contributed by atoms with Crippen molar-refractivity contribution in [1.29, 1.82) is 0 Å². The molecule has 0 atom stereocenters. The lowest BCUT2D eigenvalue weighted by atomic mass is 10.5. The van der Waals surface area contributed by atoms with Crippen molar-refractivity contribution in [2.75, 3.05) is 13.3 Å². The largest absolute Gasteiger partial charge is 0.448 e. The Kier molecular flexibility index (Phi) is 5.26. The summed E-state index contributed by atoms with van der Waals surface area (Å²) in [6.45, 7) is -0.774. The van der Waals surface area contributed by atoms with Crippen LogP contribution in [0, 0.1) is 0 Å². The number of hydrogen-bond acceptors (Lipinski definition) is 4. The van der Waals surface area contributed by atoms with E-state index in [1.54, 1.807) is 0 Å². The molecule has 0 heterocycles. The fourth-order valence-electron chi connectivity index (χ4n) is 0.301. The van der Waals surface area contributed by atoms with Crippen LogP contribution in [0.2, 0.25) is 0 Å². The van der Waals surface area contributed by atoms with Crippen LogP contribution in [0.1, 0.15) is 6.42 Å². The van der Waals surface area contributed by atoms with Crippen LogP contribution in [0.5, 0.6) is 0 Å². The lowest BCUT2D eigenvalue weighted by Gasteiger charge is -1.94. The lowest BCUT2D eigenvalue weighted by molar-refractivity contribution is 0.153.